The van der Waals surface area contributed by atoms with Crippen LogP contribution in [0.5, 0.6) is 0 Å². The van der Waals surface area contributed by atoms with Gasteiger partial charge in [0.15, 0.2) is 0 Å². The third kappa shape index (κ3) is 3.17. The molecule has 3 aromatic rings. The lowest BCUT2D eigenvalue weighted by Gasteiger charge is -2.01. The summed E-state index contributed by atoms with van der Waals surface area (Å²) in [5.41, 5.74) is 6.26. The van der Waals surface area contributed by atoms with Crippen LogP contribution < -0.4 is 5.73 Å². The number of rotatable bonds is 4. The second-order valence-electron chi connectivity index (χ2n) is 4.22. The third-order valence-electron chi connectivity index (χ3n) is 2.62. The highest BCUT2D eigenvalue weighted by Crippen LogP contribution is 2.33. The maximum absolute atomic E-state index is 5.95. The number of thioether (sulfide) groups is 1. The van der Waals surface area contributed by atoms with Crippen molar-refractivity contribution in [3.05, 3.63) is 35.2 Å². The van der Waals surface area contributed by atoms with Crippen molar-refractivity contribution in [1.82, 2.24) is 25.4 Å². The molecule has 0 aliphatic rings. The van der Waals surface area contributed by atoms with E-state index in [4.69, 9.17) is 21.8 Å². The van der Waals surface area contributed by atoms with Crippen LogP contribution in [0.1, 0.15) is 18.1 Å². The number of nitrogens with two attached hydrogens (primary N) is 1. The lowest BCUT2D eigenvalue weighted by Crippen LogP contribution is -1.90. The second-order valence-corrected chi connectivity index (χ2v) is 5.96. The van der Waals surface area contributed by atoms with Gasteiger partial charge < -0.3 is 10.2 Å². The van der Waals surface area contributed by atoms with Crippen LogP contribution >= 0.6 is 23.4 Å². The Labute approximate surface area is 129 Å². The van der Waals surface area contributed by atoms with Crippen molar-refractivity contribution >= 4 is 29.3 Å². The summed E-state index contributed by atoms with van der Waals surface area (Å²) in [5.74, 6) is 1.18. The van der Waals surface area contributed by atoms with Gasteiger partial charge in [0, 0.05) is 10.6 Å². The van der Waals surface area contributed by atoms with E-state index in [0.717, 1.165) is 5.56 Å². The average molecular weight is 323 g/mol. The van der Waals surface area contributed by atoms with Crippen molar-refractivity contribution in [2.45, 2.75) is 17.3 Å². The Morgan fingerprint density at radius 1 is 1.38 bits per heavy atom. The van der Waals surface area contributed by atoms with Gasteiger partial charge in [0.25, 0.3) is 0 Å². The summed E-state index contributed by atoms with van der Waals surface area (Å²) < 4.78 is 5.67. The Bertz CT molecular complexity index is 758. The van der Waals surface area contributed by atoms with Gasteiger partial charge >= 0.3 is 0 Å². The van der Waals surface area contributed by atoms with E-state index in [1.165, 1.54) is 11.8 Å². The summed E-state index contributed by atoms with van der Waals surface area (Å²) in [6.45, 7) is 1.92. The molecule has 0 radical (unpaired) electrons. The smallest absolute Gasteiger partial charge is 0.247 e. The molecule has 7 nitrogen and oxygen atoms in total. The van der Waals surface area contributed by atoms with Crippen molar-refractivity contribution in [2.75, 3.05) is 5.73 Å². The zero-order valence-electron chi connectivity index (χ0n) is 10.9. The van der Waals surface area contributed by atoms with E-state index in [0.29, 0.717) is 22.0 Å². The molecule has 0 saturated heterocycles. The number of H-pyrrole nitrogens is 1. The average Bonchev–Trinajstić information content (AvgIpc) is 3.08. The minimum atomic E-state index is -0.0966. The lowest BCUT2D eigenvalue weighted by atomic mass is 10.2. The van der Waals surface area contributed by atoms with Crippen LogP contribution in [0.25, 0.3) is 11.5 Å². The molecule has 1 aromatic carbocycles. The fraction of sp³-hybridized carbons (Fsp3) is 0.167. The Kier molecular flexibility index (Phi) is 3.80. The number of hydrogen-bond donors (Lipinski definition) is 2. The van der Waals surface area contributed by atoms with Gasteiger partial charge in [0.2, 0.25) is 22.9 Å². The van der Waals surface area contributed by atoms with E-state index in [-0.39, 0.29) is 11.2 Å². The van der Waals surface area contributed by atoms with Gasteiger partial charge in [0.05, 0.1) is 5.25 Å². The normalized spacial score (nSPS) is 12.5. The fourth-order valence-corrected chi connectivity index (χ4v) is 2.61. The van der Waals surface area contributed by atoms with Crippen LogP contribution in [-0.2, 0) is 0 Å². The van der Waals surface area contributed by atoms with Gasteiger partial charge in [-0.3, -0.25) is 0 Å². The fourth-order valence-electron chi connectivity index (χ4n) is 1.66. The molecule has 0 aliphatic carbocycles. The molecule has 1 atom stereocenters. The highest BCUT2D eigenvalue weighted by atomic mass is 35.5. The molecule has 3 rings (SSSR count). The van der Waals surface area contributed by atoms with Crippen LogP contribution in [0.15, 0.2) is 33.8 Å². The Balaban J connectivity index is 1.78. The minimum Gasteiger partial charge on any atom is -0.419 e. The topological polar surface area (TPSA) is 107 Å². The van der Waals surface area contributed by atoms with Gasteiger partial charge in [-0.2, -0.15) is 4.98 Å². The largest absolute Gasteiger partial charge is 0.419 e. The highest BCUT2D eigenvalue weighted by molar-refractivity contribution is 7.99. The molecule has 0 aliphatic heterocycles. The van der Waals surface area contributed by atoms with Crippen LogP contribution in [0.4, 0.5) is 5.95 Å². The minimum absolute atomic E-state index is 0.0966. The molecule has 3 N–H and O–H groups in total. The number of benzene rings is 1. The predicted molar refractivity (Wildman–Crippen MR) is 79.8 cm³/mol. The third-order valence-corrected chi connectivity index (χ3v) is 3.81. The zero-order chi connectivity index (χ0) is 14.8. The molecule has 0 bridgehead atoms. The number of nitrogen functional groups attached to an aromatic ring is 1. The monoisotopic (exact) mass is 322 g/mol. The predicted octanol–water partition coefficient (Wildman–Crippen LogP) is 2.94. The molecule has 9 heteroatoms. The van der Waals surface area contributed by atoms with Gasteiger partial charge in [-0.25, -0.2) is 5.10 Å². The van der Waals surface area contributed by atoms with Crippen LogP contribution in [0.3, 0.4) is 0 Å². The molecule has 0 amide bonds. The number of nitrogens with zero attached hydrogens (tertiary/aromatic N) is 4. The number of aromatic amines is 1. The molecular formula is C12H11ClN6OS. The molecular weight excluding hydrogens is 312 g/mol. The van der Waals surface area contributed by atoms with E-state index in [9.17, 15) is 0 Å². The van der Waals surface area contributed by atoms with Gasteiger partial charge in [-0.1, -0.05) is 29.4 Å². The summed E-state index contributed by atoms with van der Waals surface area (Å²) in [4.78, 5) is 4.02. The van der Waals surface area contributed by atoms with E-state index < -0.39 is 0 Å². The van der Waals surface area contributed by atoms with Crippen molar-refractivity contribution in [2.24, 2.45) is 0 Å². The standard InChI is InChI=1S/C12H11ClN6OS/c1-6(21-12-15-11(14)18-19-12)9-16-17-10(20-9)7-3-2-4-8(13)5-7/h2-6H,1H3,(H3,14,15,18,19). The maximum Gasteiger partial charge on any atom is 0.247 e. The number of nitrogens with one attached hydrogen (secondary N) is 1. The lowest BCUT2D eigenvalue weighted by molar-refractivity contribution is 0.509. The molecule has 2 heterocycles. The quantitative estimate of drug-likeness (QED) is 0.711. The summed E-state index contributed by atoms with van der Waals surface area (Å²) in [7, 11) is 0. The highest BCUT2D eigenvalue weighted by Gasteiger charge is 2.18. The second kappa shape index (κ2) is 5.74. The van der Waals surface area contributed by atoms with Gasteiger partial charge in [0.1, 0.15) is 0 Å². The number of anilines is 1. The zero-order valence-corrected chi connectivity index (χ0v) is 12.5. The number of hydrogen-bond acceptors (Lipinski definition) is 7. The van der Waals surface area contributed by atoms with E-state index in [1.54, 1.807) is 12.1 Å². The molecule has 0 saturated carbocycles. The summed E-state index contributed by atoms with van der Waals surface area (Å²) in [6, 6.07) is 7.24. The van der Waals surface area contributed by atoms with Crippen molar-refractivity contribution in [3.8, 4) is 11.5 Å². The Hall–Kier alpha value is -2.06. The van der Waals surface area contributed by atoms with E-state index in [1.807, 2.05) is 19.1 Å². The van der Waals surface area contributed by atoms with E-state index in [2.05, 4.69) is 25.4 Å². The Morgan fingerprint density at radius 2 is 2.24 bits per heavy atom. The summed E-state index contributed by atoms with van der Waals surface area (Å²) in [6.07, 6.45) is 0. The molecule has 1 unspecified atom stereocenters. The first-order valence-electron chi connectivity index (χ1n) is 6.05. The maximum atomic E-state index is 5.95. The molecule has 108 valence electrons. The Morgan fingerprint density at radius 3 is 2.95 bits per heavy atom. The first-order chi connectivity index (χ1) is 10.1. The van der Waals surface area contributed by atoms with Gasteiger partial charge in [-0.15, -0.1) is 15.3 Å². The van der Waals surface area contributed by atoms with Crippen molar-refractivity contribution in [3.63, 3.8) is 0 Å². The van der Waals surface area contributed by atoms with Gasteiger partial charge in [-0.05, 0) is 25.1 Å². The summed E-state index contributed by atoms with van der Waals surface area (Å²) >= 11 is 7.32. The van der Waals surface area contributed by atoms with Crippen LogP contribution in [0.2, 0.25) is 5.02 Å². The number of halogens is 1. The first kappa shape index (κ1) is 13.9. The molecule has 0 spiro atoms. The number of aromatic nitrogens is 5. The SMILES string of the molecule is CC(Sc1n[nH]c(N)n1)c1nnc(-c2cccc(Cl)c2)o1. The molecule has 0 fully saturated rings. The van der Waals surface area contributed by atoms with Crippen molar-refractivity contribution < 1.29 is 4.42 Å². The van der Waals surface area contributed by atoms with Crippen LogP contribution in [0, 0.1) is 0 Å². The van der Waals surface area contributed by atoms with Crippen LogP contribution in [-0.4, -0.2) is 25.4 Å². The first-order valence-corrected chi connectivity index (χ1v) is 7.31. The molecule has 2 aromatic heterocycles. The summed E-state index contributed by atoms with van der Waals surface area (Å²) in [5, 5.41) is 15.7. The van der Waals surface area contributed by atoms with E-state index >= 15 is 0 Å². The molecule has 21 heavy (non-hydrogen) atoms. The van der Waals surface area contributed by atoms with Crippen molar-refractivity contribution in [1.29, 1.82) is 0 Å².